The van der Waals surface area contributed by atoms with Gasteiger partial charge in [-0.1, -0.05) is 17.7 Å². The topological polar surface area (TPSA) is 35.5 Å². The van der Waals surface area contributed by atoms with E-state index >= 15 is 0 Å². The third-order valence-corrected chi connectivity index (χ3v) is 2.04. The lowest BCUT2D eigenvalue weighted by Crippen LogP contribution is -2.08. The second-order valence-corrected chi connectivity index (χ2v) is 3.31. The summed E-state index contributed by atoms with van der Waals surface area (Å²) in [6.07, 6.45) is 0. The van der Waals surface area contributed by atoms with Gasteiger partial charge in [-0.05, 0) is 31.9 Å². The van der Waals surface area contributed by atoms with E-state index in [4.69, 9.17) is 0 Å². The molecule has 1 rings (SSSR count). The smallest absolute Gasteiger partial charge is 0.293 e. The SMILES string of the molecule is COOC(=O)c1c(C)cc(C)cc1C. The molecule has 0 saturated heterocycles. The molecule has 1 aromatic rings. The van der Waals surface area contributed by atoms with E-state index in [-0.39, 0.29) is 0 Å². The predicted octanol–water partition coefficient (Wildman–Crippen LogP) is 2.33. The second-order valence-electron chi connectivity index (χ2n) is 3.31. The first-order valence-corrected chi connectivity index (χ1v) is 4.39. The highest BCUT2D eigenvalue weighted by Gasteiger charge is 2.14. The average molecular weight is 194 g/mol. The molecule has 1 aromatic carbocycles. The summed E-state index contributed by atoms with van der Waals surface area (Å²) in [5, 5.41) is 0. The van der Waals surface area contributed by atoms with Crippen molar-refractivity contribution in [1.82, 2.24) is 0 Å². The minimum Gasteiger partial charge on any atom is -0.293 e. The predicted molar refractivity (Wildman–Crippen MR) is 53.1 cm³/mol. The van der Waals surface area contributed by atoms with E-state index in [9.17, 15) is 4.79 Å². The Balaban J connectivity index is 3.14. The Bertz CT molecular complexity index is 333. The van der Waals surface area contributed by atoms with Crippen LogP contribution < -0.4 is 0 Å². The van der Waals surface area contributed by atoms with E-state index in [1.54, 1.807) is 0 Å². The highest BCUT2D eigenvalue weighted by Crippen LogP contribution is 2.17. The van der Waals surface area contributed by atoms with Gasteiger partial charge < -0.3 is 0 Å². The van der Waals surface area contributed by atoms with Crippen LogP contribution in [0.4, 0.5) is 0 Å². The second kappa shape index (κ2) is 4.24. The fourth-order valence-corrected chi connectivity index (χ4v) is 1.62. The number of carbonyl (C=O) groups excluding carboxylic acids is 1. The van der Waals surface area contributed by atoms with E-state index in [0.29, 0.717) is 5.56 Å². The van der Waals surface area contributed by atoms with Crippen molar-refractivity contribution in [3.63, 3.8) is 0 Å². The summed E-state index contributed by atoms with van der Waals surface area (Å²) in [6, 6.07) is 3.89. The van der Waals surface area contributed by atoms with Crippen LogP contribution in [0.3, 0.4) is 0 Å². The minimum absolute atomic E-state index is 0.442. The number of hydrogen-bond donors (Lipinski definition) is 0. The highest BCUT2D eigenvalue weighted by atomic mass is 17.2. The van der Waals surface area contributed by atoms with Crippen molar-refractivity contribution in [1.29, 1.82) is 0 Å². The summed E-state index contributed by atoms with van der Waals surface area (Å²) in [5.74, 6) is -0.442. The Morgan fingerprint density at radius 2 is 1.64 bits per heavy atom. The van der Waals surface area contributed by atoms with E-state index < -0.39 is 5.97 Å². The summed E-state index contributed by atoms with van der Waals surface area (Å²) >= 11 is 0. The van der Waals surface area contributed by atoms with Crippen LogP contribution in [0.2, 0.25) is 0 Å². The van der Waals surface area contributed by atoms with Gasteiger partial charge in [0.2, 0.25) is 0 Å². The zero-order chi connectivity index (χ0) is 10.7. The monoisotopic (exact) mass is 194 g/mol. The normalized spacial score (nSPS) is 10.0. The van der Waals surface area contributed by atoms with Gasteiger partial charge >= 0.3 is 5.97 Å². The molecule has 76 valence electrons. The third-order valence-electron chi connectivity index (χ3n) is 2.04. The molecule has 0 aromatic heterocycles. The molecule has 3 nitrogen and oxygen atoms in total. The molecule has 0 N–H and O–H groups in total. The minimum atomic E-state index is -0.442. The molecule has 0 fully saturated rings. The van der Waals surface area contributed by atoms with Crippen molar-refractivity contribution in [3.8, 4) is 0 Å². The Morgan fingerprint density at radius 3 is 2.07 bits per heavy atom. The van der Waals surface area contributed by atoms with Gasteiger partial charge in [0.15, 0.2) is 0 Å². The molecule has 14 heavy (non-hydrogen) atoms. The summed E-state index contributed by atoms with van der Waals surface area (Å²) in [4.78, 5) is 20.3. The third kappa shape index (κ3) is 2.12. The maximum Gasteiger partial charge on any atom is 0.373 e. The largest absolute Gasteiger partial charge is 0.373 e. The number of aryl methyl sites for hydroxylation is 3. The van der Waals surface area contributed by atoms with Crippen LogP contribution in [0, 0.1) is 20.8 Å². The van der Waals surface area contributed by atoms with Crippen LogP contribution in [0.1, 0.15) is 27.0 Å². The molecule has 0 aliphatic carbocycles. The van der Waals surface area contributed by atoms with Crippen LogP contribution >= 0.6 is 0 Å². The van der Waals surface area contributed by atoms with Crippen molar-refractivity contribution in [2.75, 3.05) is 7.11 Å². The van der Waals surface area contributed by atoms with E-state index in [0.717, 1.165) is 16.7 Å². The zero-order valence-electron chi connectivity index (χ0n) is 8.88. The number of hydrogen-bond acceptors (Lipinski definition) is 3. The summed E-state index contributed by atoms with van der Waals surface area (Å²) in [5.41, 5.74) is 3.53. The number of benzene rings is 1. The van der Waals surface area contributed by atoms with Gasteiger partial charge in [-0.2, -0.15) is 4.89 Å². The lowest BCUT2D eigenvalue weighted by Gasteiger charge is -2.08. The van der Waals surface area contributed by atoms with Gasteiger partial charge in [0.05, 0.1) is 12.7 Å². The Morgan fingerprint density at radius 1 is 1.14 bits per heavy atom. The van der Waals surface area contributed by atoms with E-state index in [2.05, 4.69) is 9.78 Å². The molecule has 0 aliphatic rings. The first kappa shape index (κ1) is 10.7. The molecule has 0 aliphatic heterocycles. The molecule has 0 amide bonds. The van der Waals surface area contributed by atoms with Crippen molar-refractivity contribution < 1.29 is 14.6 Å². The van der Waals surface area contributed by atoms with Crippen LogP contribution in [0.25, 0.3) is 0 Å². The van der Waals surface area contributed by atoms with Gasteiger partial charge in [-0.25, -0.2) is 4.79 Å². The van der Waals surface area contributed by atoms with Crippen molar-refractivity contribution in [2.24, 2.45) is 0 Å². The summed E-state index contributed by atoms with van der Waals surface area (Å²) in [6.45, 7) is 5.75. The first-order chi connectivity index (χ1) is 6.56. The fourth-order valence-electron chi connectivity index (χ4n) is 1.62. The van der Waals surface area contributed by atoms with Gasteiger partial charge in [-0.15, -0.1) is 0 Å². The average Bonchev–Trinajstić information content (AvgIpc) is 2.01. The van der Waals surface area contributed by atoms with Gasteiger partial charge in [0, 0.05) is 0 Å². The number of carbonyl (C=O) groups is 1. The Labute approximate surface area is 83.6 Å². The van der Waals surface area contributed by atoms with E-state index in [1.807, 2.05) is 32.9 Å². The molecule has 0 unspecified atom stereocenters. The zero-order valence-corrected chi connectivity index (χ0v) is 8.88. The standard InChI is InChI=1S/C11H14O3/c1-7-5-8(2)10(9(3)6-7)11(12)14-13-4/h5-6H,1-4H3. The highest BCUT2D eigenvalue weighted by molar-refractivity contribution is 5.92. The lowest BCUT2D eigenvalue weighted by molar-refractivity contribution is -0.216. The molecule has 0 saturated carbocycles. The van der Waals surface area contributed by atoms with Crippen molar-refractivity contribution in [3.05, 3.63) is 34.4 Å². The molecular weight excluding hydrogens is 180 g/mol. The van der Waals surface area contributed by atoms with E-state index in [1.165, 1.54) is 7.11 Å². The van der Waals surface area contributed by atoms with Crippen molar-refractivity contribution in [2.45, 2.75) is 20.8 Å². The van der Waals surface area contributed by atoms with Crippen LogP contribution in [0.15, 0.2) is 12.1 Å². The summed E-state index contributed by atoms with van der Waals surface area (Å²) < 4.78 is 0. The van der Waals surface area contributed by atoms with Gasteiger partial charge in [-0.3, -0.25) is 4.89 Å². The van der Waals surface area contributed by atoms with Gasteiger partial charge in [0.25, 0.3) is 0 Å². The molecular formula is C11H14O3. The Hall–Kier alpha value is -1.35. The van der Waals surface area contributed by atoms with Gasteiger partial charge in [0.1, 0.15) is 0 Å². The van der Waals surface area contributed by atoms with Crippen LogP contribution in [-0.4, -0.2) is 13.1 Å². The van der Waals surface area contributed by atoms with Crippen molar-refractivity contribution >= 4 is 5.97 Å². The van der Waals surface area contributed by atoms with Crippen LogP contribution in [0.5, 0.6) is 0 Å². The molecule has 0 radical (unpaired) electrons. The van der Waals surface area contributed by atoms with Crippen LogP contribution in [-0.2, 0) is 9.78 Å². The molecule has 0 bridgehead atoms. The fraction of sp³-hybridized carbons (Fsp3) is 0.364. The summed E-state index contributed by atoms with van der Waals surface area (Å²) in [7, 11) is 1.32. The quantitative estimate of drug-likeness (QED) is 0.535. The maximum atomic E-state index is 11.5. The maximum absolute atomic E-state index is 11.5. The number of rotatable bonds is 2. The molecule has 0 spiro atoms. The first-order valence-electron chi connectivity index (χ1n) is 4.39. The lowest BCUT2D eigenvalue weighted by atomic mass is 10.0. The Kier molecular flexibility index (Phi) is 3.25. The molecule has 0 heterocycles. The molecule has 3 heteroatoms. The molecule has 0 atom stereocenters.